The Balaban J connectivity index is 1.31. The SMILES string of the molecule is O=C(CSc1nnc(-c2ccccc2F)o1)N1N=C(c2cccs2)C[C@@H]1c1ccco1. The van der Waals surface area contributed by atoms with Gasteiger partial charge in [0.25, 0.3) is 17.0 Å². The number of thioether (sulfide) groups is 1. The average Bonchev–Trinajstić information content (AvgIpc) is 3.57. The summed E-state index contributed by atoms with van der Waals surface area (Å²) in [4.78, 5) is 14.0. The van der Waals surface area contributed by atoms with Crippen molar-refractivity contribution in [3.8, 4) is 11.5 Å². The molecule has 1 amide bonds. The summed E-state index contributed by atoms with van der Waals surface area (Å²) >= 11 is 2.66. The number of carbonyl (C=O) groups excluding carboxylic acids is 1. The fourth-order valence-corrected chi connectivity index (χ4v) is 4.57. The second-order valence-electron chi connectivity index (χ2n) is 6.64. The minimum absolute atomic E-state index is 0.0390. The van der Waals surface area contributed by atoms with E-state index < -0.39 is 5.82 Å². The lowest BCUT2D eigenvalue weighted by atomic mass is 10.1. The zero-order valence-electron chi connectivity index (χ0n) is 16.0. The molecule has 0 bridgehead atoms. The highest BCUT2D eigenvalue weighted by molar-refractivity contribution is 7.99. The Morgan fingerprint density at radius 3 is 2.87 bits per heavy atom. The molecule has 0 radical (unpaired) electrons. The van der Waals surface area contributed by atoms with E-state index in [-0.39, 0.29) is 34.4 Å². The van der Waals surface area contributed by atoms with Crippen LogP contribution in [0.3, 0.4) is 0 Å². The Morgan fingerprint density at radius 2 is 2.10 bits per heavy atom. The number of nitrogens with zero attached hydrogens (tertiary/aromatic N) is 4. The smallest absolute Gasteiger partial charge is 0.277 e. The highest BCUT2D eigenvalue weighted by Gasteiger charge is 2.35. The van der Waals surface area contributed by atoms with Gasteiger partial charge in [0, 0.05) is 6.42 Å². The monoisotopic (exact) mass is 454 g/mol. The molecule has 0 aliphatic carbocycles. The van der Waals surface area contributed by atoms with E-state index in [0.29, 0.717) is 12.2 Å². The number of aromatic nitrogens is 2. The lowest BCUT2D eigenvalue weighted by molar-refractivity contribution is -0.130. The molecule has 156 valence electrons. The molecule has 4 aromatic rings. The van der Waals surface area contributed by atoms with E-state index in [2.05, 4.69) is 15.3 Å². The molecule has 7 nitrogen and oxygen atoms in total. The van der Waals surface area contributed by atoms with Crippen LogP contribution in [0.5, 0.6) is 0 Å². The predicted molar refractivity (Wildman–Crippen MR) is 114 cm³/mol. The van der Waals surface area contributed by atoms with Gasteiger partial charge < -0.3 is 8.83 Å². The molecule has 31 heavy (non-hydrogen) atoms. The molecule has 3 aromatic heterocycles. The molecular weight excluding hydrogens is 439 g/mol. The van der Waals surface area contributed by atoms with Crippen molar-refractivity contribution in [2.45, 2.75) is 17.7 Å². The van der Waals surface area contributed by atoms with Gasteiger partial charge in [-0.3, -0.25) is 4.79 Å². The molecule has 0 N–H and O–H groups in total. The van der Waals surface area contributed by atoms with E-state index in [1.165, 1.54) is 11.1 Å². The van der Waals surface area contributed by atoms with E-state index in [4.69, 9.17) is 8.83 Å². The van der Waals surface area contributed by atoms with Gasteiger partial charge in [0.1, 0.15) is 17.6 Å². The molecule has 1 aliphatic rings. The number of benzene rings is 1. The Labute approximate surface area is 184 Å². The summed E-state index contributed by atoms with van der Waals surface area (Å²) in [6.07, 6.45) is 2.15. The molecule has 0 spiro atoms. The standard InChI is InChI=1S/C21H15FN4O3S2/c22-14-6-2-1-5-13(14)20-23-24-21(29-20)31-12-19(27)26-16(17-7-3-9-28-17)11-15(25-26)18-8-4-10-30-18/h1-10,16H,11-12H2/t16-/m1/s1. The largest absolute Gasteiger partial charge is 0.467 e. The quantitative estimate of drug-likeness (QED) is 0.381. The molecule has 5 rings (SSSR count). The van der Waals surface area contributed by atoms with E-state index in [0.717, 1.165) is 22.4 Å². The minimum atomic E-state index is -0.451. The predicted octanol–water partition coefficient (Wildman–Crippen LogP) is 5.00. The molecule has 1 aliphatic heterocycles. The molecule has 0 saturated carbocycles. The number of furan rings is 1. The summed E-state index contributed by atoms with van der Waals surface area (Å²) < 4.78 is 25.0. The van der Waals surface area contributed by atoms with Crippen molar-refractivity contribution in [1.82, 2.24) is 15.2 Å². The third kappa shape index (κ3) is 4.04. The summed E-state index contributed by atoms with van der Waals surface area (Å²) in [7, 11) is 0. The Morgan fingerprint density at radius 1 is 1.19 bits per heavy atom. The third-order valence-corrected chi connectivity index (χ3v) is 6.40. The molecule has 0 fully saturated rings. The molecular formula is C21H15FN4O3S2. The minimum Gasteiger partial charge on any atom is -0.467 e. The summed E-state index contributed by atoms with van der Waals surface area (Å²) in [6, 6.07) is 13.4. The topological polar surface area (TPSA) is 84.7 Å². The second kappa shape index (κ2) is 8.48. The number of amides is 1. The molecule has 0 saturated heterocycles. The molecule has 0 unspecified atom stereocenters. The van der Waals surface area contributed by atoms with Crippen LogP contribution in [-0.4, -0.2) is 32.6 Å². The maximum absolute atomic E-state index is 13.9. The molecule has 1 aromatic carbocycles. The summed E-state index contributed by atoms with van der Waals surface area (Å²) in [5.74, 6) is 0.113. The Bertz CT molecular complexity index is 1220. The van der Waals surface area contributed by atoms with Crippen molar-refractivity contribution in [3.63, 3.8) is 0 Å². The highest BCUT2D eigenvalue weighted by Crippen LogP contribution is 2.35. The molecule has 4 heterocycles. The zero-order chi connectivity index (χ0) is 21.2. The van der Waals surface area contributed by atoms with Gasteiger partial charge in [-0.15, -0.1) is 21.5 Å². The number of hydrogen-bond donors (Lipinski definition) is 0. The molecule has 10 heteroatoms. The fourth-order valence-electron chi connectivity index (χ4n) is 3.24. The summed E-state index contributed by atoms with van der Waals surface area (Å²) in [5.41, 5.74) is 1.06. The average molecular weight is 455 g/mol. The first-order valence-corrected chi connectivity index (χ1v) is 11.2. The summed E-state index contributed by atoms with van der Waals surface area (Å²) in [6.45, 7) is 0. The normalized spacial score (nSPS) is 16.0. The molecule has 1 atom stereocenters. The van der Waals surface area contributed by atoms with Crippen molar-refractivity contribution in [3.05, 3.63) is 76.6 Å². The van der Waals surface area contributed by atoms with Gasteiger partial charge in [-0.05, 0) is 35.7 Å². The van der Waals surface area contributed by atoms with E-state index >= 15 is 0 Å². The Kier molecular flexibility index (Phi) is 5.39. The lowest BCUT2D eigenvalue weighted by Gasteiger charge is -2.19. The Hall–Kier alpha value is -3.24. The van der Waals surface area contributed by atoms with Gasteiger partial charge in [-0.2, -0.15) is 5.10 Å². The first-order valence-electron chi connectivity index (χ1n) is 9.37. The third-order valence-electron chi connectivity index (χ3n) is 4.67. The number of halogens is 1. The number of hydrazone groups is 1. The number of rotatable bonds is 6. The summed E-state index contributed by atoms with van der Waals surface area (Å²) in [5, 5.41) is 16.0. The number of hydrogen-bond acceptors (Lipinski definition) is 8. The van der Waals surface area contributed by atoms with Crippen LogP contribution >= 0.6 is 23.1 Å². The van der Waals surface area contributed by atoms with Crippen molar-refractivity contribution in [2.75, 3.05) is 5.75 Å². The van der Waals surface area contributed by atoms with Gasteiger partial charge >= 0.3 is 0 Å². The first-order chi connectivity index (χ1) is 15.2. The van der Waals surface area contributed by atoms with Gasteiger partial charge in [-0.25, -0.2) is 9.40 Å². The van der Waals surface area contributed by atoms with Gasteiger partial charge in [0.15, 0.2) is 0 Å². The van der Waals surface area contributed by atoms with Crippen molar-refractivity contribution in [2.24, 2.45) is 5.10 Å². The van der Waals surface area contributed by atoms with E-state index in [1.54, 1.807) is 41.9 Å². The van der Waals surface area contributed by atoms with Gasteiger partial charge in [0.05, 0.1) is 28.2 Å². The number of thiophene rings is 1. The van der Waals surface area contributed by atoms with Crippen LogP contribution in [0.4, 0.5) is 4.39 Å². The van der Waals surface area contributed by atoms with Crippen molar-refractivity contribution >= 4 is 34.7 Å². The second-order valence-corrected chi connectivity index (χ2v) is 8.51. The maximum atomic E-state index is 13.9. The van der Waals surface area contributed by atoms with Crippen LogP contribution in [0.15, 0.2) is 79.3 Å². The van der Waals surface area contributed by atoms with Crippen LogP contribution in [-0.2, 0) is 4.79 Å². The van der Waals surface area contributed by atoms with Gasteiger partial charge in [0.2, 0.25) is 0 Å². The fraction of sp³-hybridized carbons (Fsp3) is 0.143. The van der Waals surface area contributed by atoms with Crippen LogP contribution in [0.1, 0.15) is 23.1 Å². The maximum Gasteiger partial charge on any atom is 0.277 e. The van der Waals surface area contributed by atoms with E-state index in [1.807, 2.05) is 23.6 Å². The first kappa shape index (κ1) is 19.7. The van der Waals surface area contributed by atoms with Crippen molar-refractivity contribution in [1.29, 1.82) is 0 Å². The van der Waals surface area contributed by atoms with Crippen molar-refractivity contribution < 1.29 is 18.0 Å². The van der Waals surface area contributed by atoms with Crippen LogP contribution < -0.4 is 0 Å². The van der Waals surface area contributed by atoms with Crippen LogP contribution in [0.25, 0.3) is 11.5 Å². The number of carbonyl (C=O) groups is 1. The highest BCUT2D eigenvalue weighted by atomic mass is 32.2. The van der Waals surface area contributed by atoms with E-state index in [9.17, 15) is 9.18 Å². The van der Waals surface area contributed by atoms with Crippen LogP contribution in [0.2, 0.25) is 0 Å². The van der Waals surface area contributed by atoms with Crippen LogP contribution in [0, 0.1) is 5.82 Å². The lowest BCUT2D eigenvalue weighted by Crippen LogP contribution is -2.28. The van der Waals surface area contributed by atoms with Gasteiger partial charge in [-0.1, -0.05) is 30.0 Å². The zero-order valence-corrected chi connectivity index (χ0v) is 17.6.